The molecule has 0 saturated heterocycles. The summed E-state index contributed by atoms with van der Waals surface area (Å²) in [7, 11) is 0. The molecule has 0 saturated carbocycles. The van der Waals surface area contributed by atoms with Crippen molar-refractivity contribution in [3.05, 3.63) is 78.1 Å². The van der Waals surface area contributed by atoms with E-state index in [9.17, 15) is 4.79 Å². The Kier molecular flexibility index (Phi) is 3.67. The van der Waals surface area contributed by atoms with E-state index in [1.54, 1.807) is 18.2 Å². The topological polar surface area (TPSA) is 52.5 Å². The molecule has 4 rings (SSSR count). The summed E-state index contributed by atoms with van der Waals surface area (Å²) in [4.78, 5) is 12.6. The molecule has 0 spiro atoms. The maximum atomic E-state index is 12.6. The largest absolute Gasteiger partial charge is 0.454 e. The molecule has 0 atom stereocenters. The van der Waals surface area contributed by atoms with Crippen LogP contribution in [0.4, 0.5) is 5.69 Å². The average molecular weight is 320 g/mol. The molecule has 1 amide bonds. The highest BCUT2D eigenvalue weighted by Gasteiger charge is 2.16. The maximum absolute atomic E-state index is 12.6. The van der Waals surface area contributed by atoms with E-state index < -0.39 is 0 Å². The number of fused-ring (bicyclic) bond motifs is 1. The number of hydrogen-bond donors (Lipinski definition) is 1. The Balaban J connectivity index is 1.52. The number of amides is 1. The van der Waals surface area contributed by atoms with Gasteiger partial charge in [0.2, 0.25) is 6.79 Å². The first-order chi connectivity index (χ1) is 11.8. The lowest BCUT2D eigenvalue weighted by atomic mass is 10.2. The van der Waals surface area contributed by atoms with Crippen LogP contribution < -0.4 is 14.8 Å². The fourth-order valence-corrected chi connectivity index (χ4v) is 2.71. The predicted octanol–water partition coefficient (Wildman–Crippen LogP) is 3.52. The van der Waals surface area contributed by atoms with Gasteiger partial charge in [-0.3, -0.25) is 4.79 Å². The van der Waals surface area contributed by atoms with E-state index in [0.717, 1.165) is 5.56 Å². The first-order valence-electron chi connectivity index (χ1n) is 7.70. The van der Waals surface area contributed by atoms with Gasteiger partial charge in [0.15, 0.2) is 11.5 Å². The van der Waals surface area contributed by atoms with Crippen LogP contribution in [-0.2, 0) is 6.54 Å². The molecule has 0 fully saturated rings. The Bertz CT molecular complexity index is 871. The summed E-state index contributed by atoms with van der Waals surface area (Å²) < 4.78 is 12.5. The second kappa shape index (κ2) is 6.12. The van der Waals surface area contributed by atoms with Gasteiger partial charge in [0.05, 0.1) is 0 Å². The quantitative estimate of drug-likeness (QED) is 0.800. The summed E-state index contributed by atoms with van der Waals surface area (Å²) in [5.41, 5.74) is 2.43. The van der Waals surface area contributed by atoms with Gasteiger partial charge in [-0.25, -0.2) is 0 Å². The van der Waals surface area contributed by atoms with Gasteiger partial charge in [0.25, 0.3) is 5.91 Å². The molecule has 1 aliphatic heterocycles. The molecule has 2 heterocycles. The number of hydrogen-bond acceptors (Lipinski definition) is 3. The lowest BCUT2D eigenvalue weighted by Gasteiger charge is -2.10. The van der Waals surface area contributed by atoms with Crippen molar-refractivity contribution in [2.75, 3.05) is 12.1 Å². The first-order valence-corrected chi connectivity index (χ1v) is 7.70. The normalized spacial score (nSPS) is 12.2. The van der Waals surface area contributed by atoms with Gasteiger partial charge >= 0.3 is 0 Å². The minimum Gasteiger partial charge on any atom is -0.454 e. The second-order valence-electron chi connectivity index (χ2n) is 5.53. The van der Waals surface area contributed by atoms with E-state index in [1.807, 2.05) is 53.2 Å². The minimum atomic E-state index is -0.158. The molecule has 0 aliphatic carbocycles. The predicted molar refractivity (Wildman–Crippen MR) is 90.5 cm³/mol. The number of aromatic nitrogens is 1. The number of ether oxygens (including phenoxy) is 2. The maximum Gasteiger partial charge on any atom is 0.272 e. The van der Waals surface area contributed by atoms with Crippen LogP contribution in [0, 0.1) is 0 Å². The number of rotatable bonds is 4. The number of carbonyl (C=O) groups is 1. The van der Waals surface area contributed by atoms with Gasteiger partial charge in [-0.2, -0.15) is 0 Å². The van der Waals surface area contributed by atoms with Crippen molar-refractivity contribution in [3.63, 3.8) is 0 Å². The molecule has 3 aromatic rings. The third-order valence-electron chi connectivity index (χ3n) is 3.89. The van der Waals surface area contributed by atoms with Gasteiger partial charge < -0.3 is 19.4 Å². The number of carbonyl (C=O) groups excluding carboxylic acids is 1. The van der Waals surface area contributed by atoms with Crippen LogP contribution >= 0.6 is 0 Å². The zero-order chi connectivity index (χ0) is 16.4. The van der Waals surface area contributed by atoms with E-state index in [2.05, 4.69) is 5.32 Å². The van der Waals surface area contributed by atoms with Crippen LogP contribution in [0.3, 0.4) is 0 Å². The molecular weight excluding hydrogens is 304 g/mol. The highest BCUT2D eigenvalue weighted by atomic mass is 16.7. The smallest absolute Gasteiger partial charge is 0.272 e. The van der Waals surface area contributed by atoms with Crippen molar-refractivity contribution < 1.29 is 14.3 Å². The zero-order valence-corrected chi connectivity index (χ0v) is 12.9. The van der Waals surface area contributed by atoms with Crippen LogP contribution in [0.15, 0.2) is 66.9 Å². The van der Waals surface area contributed by atoms with Crippen LogP contribution in [0.25, 0.3) is 0 Å². The summed E-state index contributed by atoms with van der Waals surface area (Å²) >= 11 is 0. The number of nitrogens with zero attached hydrogens (tertiary/aromatic N) is 1. The molecule has 1 aromatic heterocycles. The summed E-state index contributed by atoms with van der Waals surface area (Å²) in [5.74, 6) is 1.18. The van der Waals surface area contributed by atoms with Gasteiger partial charge in [-0.1, -0.05) is 30.3 Å². The Morgan fingerprint density at radius 1 is 1.00 bits per heavy atom. The van der Waals surface area contributed by atoms with Crippen LogP contribution in [0.2, 0.25) is 0 Å². The fraction of sp³-hybridized carbons (Fsp3) is 0.105. The molecule has 24 heavy (non-hydrogen) atoms. The van der Waals surface area contributed by atoms with Crippen LogP contribution in [-0.4, -0.2) is 17.3 Å². The van der Waals surface area contributed by atoms with Gasteiger partial charge in [0, 0.05) is 24.5 Å². The molecular formula is C19H16N2O3. The standard InChI is InChI=1S/C19H16N2O3/c22-19(20-15-8-9-17-18(11-15)24-13-23-17)16-7-4-10-21(16)12-14-5-2-1-3-6-14/h1-11H,12-13H2,(H,20,22). The average Bonchev–Trinajstić information content (AvgIpc) is 3.24. The summed E-state index contributed by atoms with van der Waals surface area (Å²) in [5, 5.41) is 2.90. The lowest BCUT2D eigenvalue weighted by molar-refractivity contribution is 0.101. The van der Waals surface area contributed by atoms with Crippen molar-refractivity contribution in [2.24, 2.45) is 0 Å². The SMILES string of the molecule is O=C(Nc1ccc2c(c1)OCO2)c1cccn1Cc1ccccc1. The van der Waals surface area contributed by atoms with Crippen molar-refractivity contribution in [2.45, 2.75) is 6.54 Å². The lowest BCUT2D eigenvalue weighted by Crippen LogP contribution is -2.17. The Morgan fingerprint density at radius 3 is 2.71 bits per heavy atom. The number of anilines is 1. The van der Waals surface area contributed by atoms with Gasteiger partial charge in [-0.15, -0.1) is 0 Å². The van der Waals surface area contributed by atoms with E-state index >= 15 is 0 Å². The van der Waals surface area contributed by atoms with E-state index in [4.69, 9.17) is 9.47 Å². The summed E-state index contributed by atoms with van der Waals surface area (Å²) in [6.07, 6.45) is 1.90. The van der Waals surface area contributed by atoms with E-state index in [1.165, 1.54) is 0 Å². The van der Waals surface area contributed by atoms with E-state index in [0.29, 0.717) is 29.4 Å². The second-order valence-corrected chi connectivity index (χ2v) is 5.53. The number of nitrogens with one attached hydrogen (secondary N) is 1. The molecule has 120 valence electrons. The molecule has 2 aromatic carbocycles. The van der Waals surface area contributed by atoms with Crippen molar-refractivity contribution >= 4 is 11.6 Å². The van der Waals surface area contributed by atoms with Crippen molar-refractivity contribution in [3.8, 4) is 11.5 Å². The molecule has 0 bridgehead atoms. The summed E-state index contributed by atoms with van der Waals surface area (Å²) in [6, 6.07) is 19.1. The van der Waals surface area contributed by atoms with Gasteiger partial charge in [-0.05, 0) is 29.8 Å². The van der Waals surface area contributed by atoms with Crippen molar-refractivity contribution in [1.29, 1.82) is 0 Å². The molecule has 1 N–H and O–H groups in total. The molecule has 5 nitrogen and oxygen atoms in total. The summed E-state index contributed by atoms with van der Waals surface area (Å²) in [6.45, 7) is 0.865. The Morgan fingerprint density at radius 2 is 1.83 bits per heavy atom. The fourth-order valence-electron chi connectivity index (χ4n) is 2.71. The molecule has 5 heteroatoms. The monoisotopic (exact) mass is 320 g/mol. The number of benzene rings is 2. The van der Waals surface area contributed by atoms with Gasteiger partial charge in [0.1, 0.15) is 5.69 Å². The molecule has 0 radical (unpaired) electrons. The van der Waals surface area contributed by atoms with E-state index in [-0.39, 0.29) is 12.7 Å². The third-order valence-corrected chi connectivity index (χ3v) is 3.89. The van der Waals surface area contributed by atoms with Crippen LogP contribution in [0.5, 0.6) is 11.5 Å². The van der Waals surface area contributed by atoms with Crippen molar-refractivity contribution in [1.82, 2.24) is 4.57 Å². The molecule has 0 unspecified atom stereocenters. The highest BCUT2D eigenvalue weighted by molar-refractivity contribution is 6.03. The molecule has 1 aliphatic rings. The Hall–Kier alpha value is -3.21. The zero-order valence-electron chi connectivity index (χ0n) is 12.9. The third kappa shape index (κ3) is 2.84. The first kappa shape index (κ1) is 14.4. The Labute approximate surface area is 139 Å². The van der Waals surface area contributed by atoms with Crippen LogP contribution in [0.1, 0.15) is 16.1 Å². The minimum absolute atomic E-state index is 0.158. The highest BCUT2D eigenvalue weighted by Crippen LogP contribution is 2.34.